The van der Waals surface area contributed by atoms with E-state index in [2.05, 4.69) is 32.8 Å². The molecule has 1 aromatic heterocycles. The van der Waals surface area contributed by atoms with Crippen LogP contribution in [0.2, 0.25) is 0 Å². The van der Waals surface area contributed by atoms with Crippen molar-refractivity contribution >= 4 is 40.7 Å². The summed E-state index contributed by atoms with van der Waals surface area (Å²) in [6.45, 7) is 5.93. The van der Waals surface area contributed by atoms with Crippen molar-refractivity contribution in [2.75, 3.05) is 16.0 Å². The lowest BCUT2D eigenvalue weighted by Crippen LogP contribution is -2.07. The Labute approximate surface area is 199 Å². The molecule has 0 bridgehead atoms. The number of nitrogens with one attached hydrogen (secondary N) is 3. The van der Waals surface area contributed by atoms with Crippen LogP contribution in [0.4, 0.5) is 28.7 Å². The van der Waals surface area contributed by atoms with Crippen molar-refractivity contribution in [3.05, 3.63) is 107 Å². The number of nitrogens with zero attached hydrogens (tertiary/aromatic N) is 2. The summed E-state index contributed by atoms with van der Waals surface area (Å²) in [6, 6.07) is 25.4. The molecule has 0 spiro atoms. The molecular formula is C28H27N5O. The molecule has 0 fully saturated rings. The van der Waals surface area contributed by atoms with Crippen molar-refractivity contribution in [1.29, 1.82) is 0 Å². The number of anilines is 5. The van der Waals surface area contributed by atoms with Crippen LogP contribution in [0.25, 0.3) is 6.08 Å². The third-order valence-corrected chi connectivity index (χ3v) is 5.19. The van der Waals surface area contributed by atoms with Crippen molar-refractivity contribution in [1.82, 2.24) is 9.97 Å². The van der Waals surface area contributed by atoms with Crippen LogP contribution in [0.15, 0.2) is 84.9 Å². The second-order valence-corrected chi connectivity index (χ2v) is 8.06. The first-order chi connectivity index (χ1) is 16.4. The molecule has 1 heterocycles. The molecule has 0 atom stereocenters. The van der Waals surface area contributed by atoms with Gasteiger partial charge in [0, 0.05) is 29.2 Å². The van der Waals surface area contributed by atoms with Gasteiger partial charge in [0.15, 0.2) is 0 Å². The van der Waals surface area contributed by atoms with E-state index in [0.717, 1.165) is 22.5 Å². The molecule has 6 nitrogen and oxygen atoms in total. The van der Waals surface area contributed by atoms with Crippen molar-refractivity contribution in [3.63, 3.8) is 0 Å². The Kier molecular flexibility index (Phi) is 6.98. The van der Waals surface area contributed by atoms with E-state index in [0.29, 0.717) is 23.1 Å². The first-order valence-corrected chi connectivity index (χ1v) is 11.1. The topological polar surface area (TPSA) is 78.9 Å². The Balaban J connectivity index is 1.38. The van der Waals surface area contributed by atoms with Crippen LogP contribution in [0.3, 0.4) is 0 Å². The van der Waals surface area contributed by atoms with Gasteiger partial charge in [-0.2, -0.15) is 0 Å². The maximum Gasteiger partial charge on any atom is 0.248 e. The normalized spacial score (nSPS) is 10.8. The third kappa shape index (κ3) is 6.29. The molecule has 4 rings (SSSR count). The molecule has 4 aromatic rings. The van der Waals surface area contributed by atoms with Gasteiger partial charge >= 0.3 is 0 Å². The Morgan fingerprint density at radius 1 is 0.735 bits per heavy atom. The SMILES string of the molecule is Cc1ccc(Nc2cc(Nc3ccc(NC(=O)/C=C/c4ccccc4C)cc3)nc(C)n2)cc1. The number of benzene rings is 3. The molecule has 0 aliphatic rings. The van der Waals surface area contributed by atoms with E-state index >= 15 is 0 Å². The molecule has 34 heavy (non-hydrogen) atoms. The lowest BCUT2D eigenvalue weighted by Gasteiger charge is -2.11. The number of carbonyl (C=O) groups is 1. The van der Waals surface area contributed by atoms with Gasteiger partial charge < -0.3 is 16.0 Å². The van der Waals surface area contributed by atoms with Crippen molar-refractivity contribution in [2.24, 2.45) is 0 Å². The number of amides is 1. The van der Waals surface area contributed by atoms with Gasteiger partial charge in [-0.05, 0) is 74.4 Å². The molecule has 3 N–H and O–H groups in total. The fraction of sp³-hybridized carbons (Fsp3) is 0.107. The first kappa shape index (κ1) is 22.7. The number of carbonyl (C=O) groups excluding carboxylic acids is 1. The highest BCUT2D eigenvalue weighted by Gasteiger charge is 2.05. The zero-order chi connectivity index (χ0) is 23.9. The van der Waals surface area contributed by atoms with Crippen molar-refractivity contribution < 1.29 is 4.79 Å². The van der Waals surface area contributed by atoms with Gasteiger partial charge in [-0.15, -0.1) is 0 Å². The molecule has 0 saturated heterocycles. The van der Waals surface area contributed by atoms with Crippen LogP contribution >= 0.6 is 0 Å². The number of rotatable bonds is 7. The first-order valence-electron chi connectivity index (χ1n) is 11.1. The summed E-state index contributed by atoms with van der Waals surface area (Å²) in [5.41, 5.74) is 5.88. The van der Waals surface area contributed by atoms with Crippen LogP contribution in [0, 0.1) is 20.8 Å². The predicted octanol–water partition coefficient (Wildman–Crippen LogP) is 6.54. The molecule has 0 aliphatic carbocycles. The zero-order valence-electron chi connectivity index (χ0n) is 19.5. The number of aromatic nitrogens is 2. The lowest BCUT2D eigenvalue weighted by molar-refractivity contribution is -0.111. The summed E-state index contributed by atoms with van der Waals surface area (Å²) >= 11 is 0. The number of hydrogen-bond acceptors (Lipinski definition) is 5. The van der Waals surface area contributed by atoms with Crippen LogP contribution in [0.1, 0.15) is 22.5 Å². The minimum atomic E-state index is -0.179. The Bertz CT molecular complexity index is 1310. The van der Waals surface area contributed by atoms with E-state index in [1.807, 2.05) is 98.8 Å². The molecule has 0 aliphatic heterocycles. The molecule has 0 saturated carbocycles. The van der Waals surface area contributed by atoms with Crippen molar-refractivity contribution in [2.45, 2.75) is 20.8 Å². The van der Waals surface area contributed by atoms with E-state index in [1.54, 1.807) is 6.08 Å². The monoisotopic (exact) mass is 449 g/mol. The molecule has 0 unspecified atom stereocenters. The van der Waals surface area contributed by atoms with Gasteiger partial charge in [0.25, 0.3) is 0 Å². The summed E-state index contributed by atoms with van der Waals surface area (Å²) in [6.07, 6.45) is 3.36. The highest BCUT2D eigenvalue weighted by Crippen LogP contribution is 2.22. The largest absolute Gasteiger partial charge is 0.340 e. The van der Waals surface area contributed by atoms with Gasteiger partial charge in [0.05, 0.1) is 0 Å². The Hall–Kier alpha value is -4.45. The molecule has 0 radical (unpaired) electrons. The van der Waals surface area contributed by atoms with Gasteiger partial charge in [-0.25, -0.2) is 9.97 Å². The van der Waals surface area contributed by atoms with Gasteiger partial charge in [0.1, 0.15) is 17.5 Å². The van der Waals surface area contributed by atoms with Crippen LogP contribution in [-0.2, 0) is 4.79 Å². The minimum Gasteiger partial charge on any atom is -0.340 e. The lowest BCUT2D eigenvalue weighted by atomic mass is 10.1. The van der Waals surface area contributed by atoms with Gasteiger partial charge in [-0.3, -0.25) is 4.79 Å². The summed E-state index contributed by atoms with van der Waals surface area (Å²) in [5, 5.41) is 9.49. The van der Waals surface area contributed by atoms with E-state index in [4.69, 9.17) is 0 Å². The smallest absolute Gasteiger partial charge is 0.248 e. The average molecular weight is 450 g/mol. The molecule has 6 heteroatoms. The summed E-state index contributed by atoms with van der Waals surface area (Å²) in [7, 11) is 0. The maximum absolute atomic E-state index is 12.3. The number of hydrogen-bond donors (Lipinski definition) is 3. The van der Waals surface area contributed by atoms with Crippen molar-refractivity contribution in [3.8, 4) is 0 Å². The Morgan fingerprint density at radius 2 is 1.29 bits per heavy atom. The minimum absolute atomic E-state index is 0.179. The summed E-state index contributed by atoms with van der Waals surface area (Å²) < 4.78 is 0. The van der Waals surface area contributed by atoms with E-state index in [-0.39, 0.29) is 5.91 Å². The third-order valence-electron chi connectivity index (χ3n) is 5.19. The Morgan fingerprint density at radius 3 is 1.91 bits per heavy atom. The van der Waals surface area contributed by atoms with Crippen LogP contribution < -0.4 is 16.0 Å². The fourth-order valence-electron chi connectivity index (χ4n) is 3.39. The predicted molar refractivity (Wildman–Crippen MR) is 140 cm³/mol. The van der Waals surface area contributed by atoms with Crippen LogP contribution in [0.5, 0.6) is 0 Å². The molecule has 3 aromatic carbocycles. The van der Waals surface area contributed by atoms with Gasteiger partial charge in [0.2, 0.25) is 5.91 Å². The molecule has 170 valence electrons. The van der Waals surface area contributed by atoms with E-state index in [1.165, 1.54) is 5.56 Å². The van der Waals surface area contributed by atoms with E-state index < -0.39 is 0 Å². The second kappa shape index (κ2) is 10.4. The summed E-state index contributed by atoms with van der Waals surface area (Å²) in [4.78, 5) is 21.2. The highest BCUT2D eigenvalue weighted by atomic mass is 16.1. The van der Waals surface area contributed by atoms with Crippen LogP contribution in [-0.4, -0.2) is 15.9 Å². The maximum atomic E-state index is 12.3. The van der Waals surface area contributed by atoms with Gasteiger partial charge in [-0.1, -0.05) is 42.0 Å². The fourth-order valence-corrected chi connectivity index (χ4v) is 3.39. The standard InChI is InChI=1S/C28H27N5O/c1-19-8-11-23(12-9-19)31-26-18-27(30-21(3)29-26)32-24-13-15-25(16-14-24)33-28(34)17-10-22-7-5-4-6-20(22)2/h4-18H,1-3H3,(H,33,34)(H2,29,30,31,32)/b17-10+. The summed E-state index contributed by atoms with van der Waals surface area (Å²) in [5.74, 6) is 1.87. The zero-order valence-corrected chi connectivity index (χ0v) is 19.5. The molecule has 1 amide bonds. The number of aryl methyl sites for hydroxylation is 3. The van der Waals surface area contributed by atoms with E-state index in [9.17, 15) is 4.79 Å². The highest BCUT2D eigenvalue weighted by molar-refractivity contribution is 6.02. The molecular weight excluding hydrogens is 422 g/mol. The second-order valence-electron chi connectivity index (χ2n) is 8.06. The quantitative estimate of drug-likeness (QED) is 0.279. The average Bonchev–Trinajstić information content (AvgIpc) is 2.81.